The summed E-state index contributed by atoms with van der Waals surface area (Å²) in [6.07, 6.45) is 0.0901. The molecule has 120 valence electrons. The first kappa shape index (κ1) is 17.4. The lowest BCUT2D eigenvalue weighted by Crippen LogP contribution is -2.34. The molecule has 0 saturated carbocycles. The maximum absolute atomic E-state index is 12.2. The molecule has 2 aromatic rings. The molecular weight excluding hydrogens is 376 g/mol. The van der Waals surface area contributed by atoms with Crippen molar-refractivity contribution in [3.05, 3.63) is 58.6 Å². The highest BCUT2D eigenvalue weighted by molar-refractivity contribution is 9.10. The van der Waals surface area contributed by atoms with Gasteiger partial charge in [-0.2, -0.15) is 0 Å². The van der Waals surface area contributed by atoms with Crippen LogP contribution in [0.2, 0.25) is 0 Å². The summed E-state index contributed by atoms with van der Waals surface area (Å²) in [5.74, 6) is 0.467. The molecule has 0 aliphatic rings. The van der Waals surface area contributed by atoms with Crippen LogP contribution in [0.1, 0.15) is 24.2 Å². The van der Waals surface area contributed by atoms with Crippen LogP contribution in [-0.4, -0.2) is 17.1 Å². The van der Waals surface area contributed by atoms with Crippen LogP contribution in [0, 0.1) is 0 Å². The van der Waals surface area contributed by atoms with Crippen LogP contribution < -0.4 is 15.4 Å². The third-order valence-electron chi connectivity index (χ3n) is 2.81. The summed E-state index contributed by atoms with van der Waals surface area (Å²) in [6, 6.07) is 14.6. The number of anilines is 1. The number of carbonyl (C=O) groups is 1. The molecule has 1 amide bonds. The lowest BCUT2D eigenvalue weighted by atomic mass is 10.2. The third kappa shape index (κ3) is 5.33. The Hall–Kier alpha value is -1.92. The van der Waals surface area contributed by atoms with Crippen molar-refractivity contribution >= 4 is 44.9 Å². The van der Waals surface area contributed by atoms with Gasteiger partial charge < -0.3 is 10.1 Å². The summed E-state index contributed by atoms with van der Waals surface area (Å²) in [7, 11) is 0. The molecule has 0 aliphatic carbocycles. The lowest BCUT2D eigenvalue weighted by molar-refractivity contribution is 0.0977. The summed E-state index contributed by atoms with van der Waals surface area (Å²) in [5.41, 5.74) is 1.27. The fraction of sp³-hybridized carbons (Fsp3) is 0.176. The predicted octanol–water partition coefficient (Wildman–Crippen LogP) is 4.36. The Labute approximate surface area is 149 Å². The number of rotatable bonds is 4. The second-order valence-corrected chi connectivity index (χ2v) is 6.35. The SMILES string of the molecule is CC(C)Oc1cccc(NC(=S)NC(=O)c2ccccc2Br)c1. The molecule has 4 nitrogen and oxygen atoms in total. The molecule has 2 N–H and O–H groups in total. The summed E-state index contributed by atoms with van der Waals surface area (Å²) in [4.78, 5) is 12.2. The monoisotopic (exact) mass is 392 g/mol. The Morgan fingerprint density at radius 1 is 1.17 bits per heavy atom. The Morgan fingerprint density at radius 3 is 2.61 bits per heavy atom. The molecule has 23 heavy (non-hydrogen) atoms. The Balaban J connectivity index is 2.00. The number of carbonyl (C=O) groups excluding carboxylic acids is 1. The highest BCUT2D eigenvalue weighted by Gasteiger charge is 2.11. The summed E-state index contributed by atoms with van der Waals surface area (Å²) in [5, 5.41) is 5.87. The molecule has 2 rings (SSSR count). The van der Waals surface area contributed by atoms with Crippen molar-refractivity contribution in [1.82, 2.24) is 5.32 Å². The van der Waals surface area contributed by atoms with Gasteiger partial charge in [0.15, 0.2) is 5.11 Å². The van der Waals surface area contributed by atoms with Crippen LogP contribution in [-0.2, 0) is 0 Å². The number of hydrogen-bond donors (Lipinski definition) is 2. The van der Waals surface area contributed by atoms with E-state index in [0.717, 1.165) is 11.4 Å². The Bertz CT molecular complexity index is 719. The maximum Gasteiger partial charge on any atom is 0.258 e. The molecule has 0 spiro atoms. The van der Waals surface area contributed by atoms with E-state index in [-0.39, 0.29) is 17.1 Å². The van der Waals surface area contributed by atoms with Crippen LogP contribution >= 0.6 is 28.1 Å². The van der Waals surface area contributed by atoms with Gasteiger partial charge in [-0.3, -0.25) is 10.1 Å². The van der Waals surface area contributed by atoms with Crippen LogP contribution in [0.5, 0.6) is 5.75 Å². The smallest absolute Gasteiger partial charge is 0.258 e. The van der Waals surface area contributed by atoms with Crippen LogP contribution in [0.15, 0.2) is 53.0 Å². The second kappa shape index (κ2) is 8.08. The van der Waals surface area contributed by atoms with Gasteiger partial charge in [-0.15, -0.1) is 0 Å². The molecule has 0 heterocycles. The molecule has 0 unspecified atom stereocenters. The summed E-state index contributed by atoms with van der Waals surface area (Å²) >= 11 is 8.53. The molecule has 6 heteroatoms. The van der Waals surface area contributed by atoms with Gasteiger partial charge in [0, 0.05) is 16.2 Å². The number of halogens is 1. The first-order valence-corrected chi connectivity index (χ1v) is 8.29. The zero-order valence-electron chi connectivity index (χ0n) is 12.8. The zero-order chi connectivity index (χ0) is 16.8. The van der Waals surface area contributed by atoms with E-state index in [1.165, 1.54) is 0 Å². The second-order valence-electron chi connectivity index (χ2n) is 5.08. The number of ether oxygens (including phenoxy) is 1. The van der Waals surface area contributed by atoms with E-state index in [0.29, 0.717) is 10.0 Å². The number of nitrogens with one attached hydrogen (secondary N) is 2. The van der Waals surface area contributed by atoms with Crippen molar-refractivity contribution in [3.8, 4) is 5.75 Å². The van der Waals surface area contributed by atoms with Gasteiger partial charge in [0.05, 0.1) is 11.7 Å². The molecule has 0 aromatic heterocycles. The van der Waals surface area contributed by atoms with E-state index in [2.05, 4.69) is 26.6 Å². The van der Waals surface area contributed by atoms with E-state index in [4.69, 9.17) is 17.0 Å². The van der Waals surface area contributed by atoms with E-state index in [9.17, 15) is 4.79 Å². The van der Waals surface area contributed by atoms with Gasteiger partial charge in [0.25, 0.3) is 5.91 Å². The van der Waals surface area contributed by atoms with E-state index in [1.54, 1.807) is 18.2 Å². The highest BCUT2D eigenvalue weighted by Crippen LogP contribution is 2.19. The van der Waals surface area contributed by atoms with Crippen LogP contribution in [0.3, 0.4) is 0 Å². The van der Waals surface area contributed by atoms with Crippen molar-refractivity contribution < 1.29 is 9.53 Å². The molecule has 0 bridgehead atoms. The van der Waals surface area contributed by atoms with Crippen molar-refractivity contribution in [2.45, 2.75) is 20.0 Å². The normalized spacial score (nSPS) is 10.3. The first-order chi connectivity index (χ1) is 11.0. The fourth-order valence-corrected chi connectivity index (χ4v) is 2.57. The average molecular weight is 393 g/mol. The summed E-state index contributed by atoms with van der Waals surface area (Å²) < 4.78 is 6.34. The molecule has 0 aliphatic heterocycles. The molecule has 2 aromatic carbocycles. The number of thiocarbonyl (C=S) groups is 1. The number of amides is 1. The van der Waals surface area contributed by atoms with E-state index < -0.39 is 0 Å². The van der Waals surface area contributed by atoms with Crippen molar-refractivity contribution in [2.24, 2.45) is 0 Å². The van der Waals surface area contributed by atoms with E-state index in [1.807, 2.05) is 44.2 Å². The first-order valence-electron chi connectivity index (χ1n) is 7.09. The third-order valence-corrected chi connectivity index (χ3v) is 3.70. The fourth-order valence-electron chi connectivity index (χ4n) is 1.90. The van der Waals surface area contributed by atoms with Crippen molar-refractivity contribution in [2.75, 3.05) is 5.32 Å². The number of hydrogen-bond acceptors (Lipinski definition) is 3. The Morgan fingerprint density at radius 2 is 1.91 bits per heavy atom. The predicted molar refractivity (Wildman–Crippen MR) is 100 cm³/mol. The molecule has 0 saturated heterocycles. The van der Waals surface area contributed by atoms with Gasteiger partial charge in [0.2, 0.25) is 0 Å². The molecule has 0 atom stereocenters. The van der Waals surface area contributed by atoms with Gasteiger partial charge in [-0.1, -0.05) is 18.2 Å². The van der Waals surface area contributed by atoms with Crippen LogP contribution in [0.4, 0.5) is 5.69 Å². The maximum atomic E-state index is 12.2. The van der Waals surface area contributed by atoms with Gasteiger partial charge in [0.1, 0.15) is 5.75 Å². The molecular formula is C17H17BrN2O2S. The largest absolute Gasteiger partial charge is 0.491 e. The molecule has 0 fully saturated rings. The zero-order valence-corrected chi connectivity index (χ0v) is 15.2. The van der Waals surface area contributed by atoms with Gasteiger partial charge in [-0.25, -0.2) is 0 Å². The minimum Gasteiger partial charge on any atom is -0.491 e. The van der Waals surface area contributed by atoms with Gasteiger partial charge >= 0.3 is 0 Å². The van der Waals surface area contributed by atoms with Crippen molar-refractivity contribution in [1.29, 1.82) is 0 Å². The highest BCUT2D eigenvalue weighted by atomic mass is 79.9. The minimum absolute atomic E-state index is 0.0901. The van der Waals surface area contributed by atoms with Crippen molar-refractivity contribution in [3.63, 3.8) is 0 Å². The lowest BCUT2D eigenvalue weighted by Gasteiger charge is -2.13. The minimum atomic E-state index is -0.274. The van der Waals surface area contributed by atoms with Crippen LogP contribution in [0.25, 0.3) is 0 Å². The Kier molecular flexibility index (Phi) is 6.12. The standard InChI is InChI=1S/C17H17BrN2O2S/c1-11(2)22-13-7-5-6-12(10-13)19-17(23)20-16(21)14-8-3-4-9-15(14)18/h3-11H,1-2H3,(H2,19,20,21,23). The quantitative estimate of drug-likeness (QED) is 0.758. The average Bonchev–Trinajstić information content (AvgIpc) is 2.47. The topological polar surface area (TPSA) is 50.4 Å². The number of benzene rings is 2. The van der Waals surface area contributed by atoms with Gasteiger partial charge in [-0.05, 0) is 66.3 Å². The molecule has 0 radical (unpaired) electrons. The van der Waals surface area contributed by atoms with E-state index >= 15 is 0 Å². The summed E-state index contributed by atoms with van der Waals surface area (Å²) in [6.45, 7) is 3.92.